The van der Waals surface area contributed by atoms with Gasteiger partial charge in [-0.3, -0.25) is 0 Å². The predicted molar refractivity (Wildman–Crippen MR) is 49.6 cm³/mol. The summed E-state index contributed by atoms with van der Waals surface area (Å²) in [6.07, 6.45) is -3.38. The zero-order chi connectivity index (χ0) is 10.7. The van der Waals surface area contributed by atoms with Gasteiger partial charge in [-0.25, -0.2) is 0 Å². The minimum absolute atomic E-state index is 0.413. The molecule has 0 aromatic carbocycles. The molecule has 0 aliphatic carbocycles. The van der Waals surface area contributed by atoms with Crippen LogP contribution >= 0.6 is 15.9 Å². The van der Waals surface area contributed by atoms with Crippen LogP contribution < -0.4 is 0 Å². The van der Waals surface area contributed by atoms with Crippen LogP contribution in [-0.4, -0.2) is 51.3 Å². The molecule has 8 heteroatoms. The van der Waals surface area contributed by atoms with E-state index in [4.69, 9.17) is 15.4 Å². The number of azide groups is 1. The quantitative estimate of drug-likeness (QED) is 0.270. The molecule has 1 saturated heterocycles. The van der Waals surface area contributed by atoms with E-state index in [1.165, 1.54) is 0 Å². The van der Waals surface area contributed by atoms with Crippen LogP contribution in [0.15, 0.2) is 5.11 Å². The third-order valence-electron chi connectivity index (χ3n) is 2.02. The molecule has 0 spiro atoms. The minimum atomic E-state index is -1.26. The maximum atomic E-state index is 9.50. The summed E-state index contributed by atoms with van der Waals surface area (Å²) in [4.78, 5) is 2.53. The lowest BCUT2D eigenvalue weighted by Gasteiger charge is -2.38. The average molecular weight is 268 g/mol. The average Bonchev–Trinajstić information content (AvgIpc) is 2.18. The number of aliphatic hydroxyl groups is 3. The van der Waals surface area contributed by atoms with E-state index in [1.54, 1.807) is 0 Å². The Kier molecular flexibility index (Phi) is 4.11. The minimum Gasteiger partial charge on any atom is -0.394 e. The highest BCUT2D eigenvalue weighted by molar-refractivity contribution is 9.09. The van der Waals surface area contributed by atoms with Gasteiger partial charge in [-0.1, -0.05) is 21.0 Å². The van der Waals surface area contributed by atoms with Crippen LogP contribution in [0.5, 0.6) is 0 Å². The molecule has 0 saturated carbocycles. The molecule has 7 nitrogen and oxygen atoms in total. The molecule has 3 N–H and O–H groups in total. The lowest BCUT2D eigenvalue weighted by Crippen LogP contribution is -2.55. The first kappa shape index (κ1) is 11.7. The lowest BCUT2D eigenvalue weighted by atomic mass is 9.99. The SMILES string of the molecule is [N-]=[N+]=N[C@H]1[C@@H](O)[C@H](O)[C@@H](CO)O[C@@H]1Br. The van der Waals surface area contributed by atoms with Crippen LogP contribution in [0.25, 0.3) is 10.4 Å². The second-order valence-electron chi connectivity index (χ2n) is 2.88. The Hall–Kier alpha value is -0.370. The largest absolute Gasteiger partial charge is 0.394 e. The molecule has 0 amide bonds. The van der Waals surface area contributed by atoms with Crippen molar-refractivity contribution in [2.75, 3.05) is 6.61 Å². The van der Waals surface area contributed by atoms with Gasteiger partial charge in [0.2, 0.25) is 0 Å². The first-order valence-electron chi connectivity index (χ1n) is 3.92. The Morgan fingerprint density at radius 1 is 1.43 bits per heavy atom. The molecular formula is C6H10BrN3O4. The van der Waals surface area contributed by atoms with Gasteiger partial charge >= 0.3 is 0 Å². The van der Waals surface area contributed by atoms with Crippen LogP contribution in [-0.2, 0) is 4.74 Å². The number of rotatable bonds is 2. The van der Waals surface area contributed by atoms with Gasteiger partial charge in [0.15, 0.2) is 0 Å². The topological polar surface area (TPSA) is 119 Å². The van der Waals surface area contributed by atoms with Gasteiger partial charge in [0.1, 0.15) is 23.3 Å². The fraction of sp³-hybridized carbons (Fsp3) is 1.00. The Morgan fingerprint density at radius 3 is 2.57 bits per heavy atom. The van der Waals surface area contributed by atoms with Crippen LogP contribution in [0.1, 0.15) is 0 Å². The Balaban J connectivity index is 2.78. The van der Waals surface area contributed by atoms with E-state index in [0.29, 0.717) is 0 Å². The van der Waals surface area contributed by atoms with Crippen LogP contribution in [0, 0.1) is 0 Å². The smallest absolute Gasteiger partial charge is 0.124 e. The summed E-state index contributed by atoms with van der Waals surface area (Å²) in [6, 6.07) is -0.905. The number of halogens is 1. The monoisotopic (exact) mass is 267 g/mol. The molecule has 0 aromatic rings. The number of alkyl halides is 1. The van der Waals surface area contributed by atoms with Crippen molar-refractivity contribution in [3.05, 3.63) is 10.4 Å². The summed E-state index contributed by atoms with van der Waals surface area (Å²) in [7, 11) is 0. The zero-order valence-electron chi connectivity index (χ0n) is 7.06. The van der Waals surface area contributed by atoms with Crippen molar-refractivity contribution in [2.45, 2.75) is 29.4 Å². The fourth-order valence-electron chi connectivity index (χ4n) is 1.24. The first-order chi connectivity index (χ1) is 6.61. The van der Waals surface area contributed by atoms with Gasteiger partial charge in [0.25, 0.3) is 0 Å². The molecule has 5 atom stereocenters. The van der Waals surface area contributed by atoms with E-state index >= 15 is 0 Å². The van der Waals surface area contributed by atoms with Gasteiger partial charge in [-0.2, -0.15) is 0 Å². The molecule has 1 aliphatic rings. The van der Waals surface area contributed by atoms with Crippen molar-refractivity contribution in [1.29, 1.82) is 0 Å². The Bertz CT molecular complexity index is 247. The molecule has 0 unspecified atom stereocenters. The molecule has 1 fully saturated rings. The Morgan fingerprint density at radius 2 is 2.07 bits per heavy atom. The third-order valence-corrected chi connectivity index (χ3v) is 2.78. The second kappa shape index (κ2) is 4.92. The predicted octanol–water partition coefficient (Wildman–Crippen LogP) is -0.501. The first-order valence-corrected chi connectivity index (χ1v) is 4.84. The maximum absolute atomic E-state index is 9.50. The van der Waals surface area contributed by atoms with E-state index in [1.807, 2.05) is 0 Å². The van der Waals surface area contributed by atoms with Gasteiger partial charge in [-0.15, -0.1) is 0 Å². The van der Waals surface area contributed by atoms with Crippen LogP contribution in [0.4, 0.5) is 0 Å². The molecule has 0 radical (unpaired) electrons. The summed E-state index contributed by atoms with van der Waals surface area (Å²) in [5.41, 5.74) is 8.20. The van der Waals surface area contributed by atoms with Crippen LogP contribution in [0.3, 0.4) is 0 Å². The van der Waals surface area contributed by atoms with Gasteiger partial charge in [0, 0.05) is 4.91 Å². The van der Waals surface area contributed by atoms with E-state index in [2.05, 4.69) is 26.0 Å². The maximum Gasteiger partial charge on any atom is 0.124 e. The standard InChI is InChI=1S/C6H10BrN3O4/c7-6-3(9-10-8)5(13)4(12)2(1-11)14-6/h2-6,11-13H,1H2/t2-,3+,4-,5-,6+/m1/s1. The van der Waals surface area contributed by atoms with Gasteiger partial charge in [0.05, 0.1) is 12.7 Å². The number of hydrogen-bond donors (Lipinski definition) is 3. The van der Waals surface area contributed by atoms with Crippen molar-refractivity contribution < 1.29 is 20.1 Å². The zero-order valence-corrected chi connectivity index (χ0v) is 8.65. The van der Waals surface area contributed by atoms with Crippen molar-refractivity contribution in [2.24, 2.45) is 5.11 Å². The molecular weight excluding hydrogens is 258 g/mol. The molecule has 0 aromatic heterocycles. The highest BCUT2D eigenvalue weighted by Crippen LogP contribution is 2.26. The van der Waals surface area contributed by atoms with Crippen molar-refractivity contribution in [3.63, 3.8) is 0 Å². The van der Waals surface area contributed by atoms with Crippen molar-refractivity contribution >= 4 is 15.9 Å². The third kappa shape index (κ3) is 2.17. The van der Waals surface area contributed by atoms with E-state index in [9.17, 15) is 10.2 Å². The normalized spacial score (nSPS) is 43.0. The van der Waals surface area contributed by atoms with Crippen molar-refractivity contribution in [3.8, 4) is 0 Å². The number of ether oxygens (including phenoxy) is 1. The molecule has 0 bridgehead atoms. The molecule has 1 aliphatic heterocycles. The Labute approximate surface area is 88.1 Å². The highest BCUT2D eigenvalue weighted by atomic mass is 79.9. The number of aliphatic hydroxyl groups excluding tert-OH is 3. The fourth-order valence-corrected chi connectivity index (χ4v) is 1.93. The lowest BCUT2D eigenvalue weighted by molar-refractivity contribution is -0.164. The molecule has 1 rings (SSSR count). The van der Waals surface area contributed by atoms with E-state index < -0.39 is 36.0 Å². The van der Waals surface area contributed by atoms with E-state index in [-0.39, 0.29) is 0 Å². The number of hydrogen-bond acceptors (Lipinski definition) is 5. The molecule has 14 heavy (non-hydrogen) atoms. The summed E-state index contributed by atoms with van der Waals surface area (Å²) < 4.78 is 5.08. The molecule has 1 heterocycles. The summed E-state index contributed by atoms with van der Waals surface area (Å²) in [6.45, 7) is -0.413. The van der Waals surface area contributed by atoms with E-state index in [0.717, 1.165) is 0 Å². The molecule has 80 valence electrons. The van der Waals surface area contributed by atoms with Crippen LogP contribution in [0.2, 0.25) is 0 Å². The van der Waals surface area contributed by atoms with Crippen molar-refractivity contribution in [1.82, 2.24) is 0 Å². The number of nitrogens with zero attached hydrogens (tertiary/aromatic N) is 3. The second-order valence-corrected chi connectivity index (χ2v) is 3.79. The summed E-state index contributed by atoms with van der Waals surface area (Å²) >= 11 is 3.04. The van der Waals surface area contributed by atoms with Gasteiger partial charge < -0.3 is 20.1 Å². The summed E-state index contributed by atoms with van der Waals surface area (Å²) in [5.74, 6) is 0. The highest BCUT2D eigenvalue weighted by Gasteiger charge is 2.42. The summed E-state index contributed by atoms with van der Waals surface area (Å²) in [5, 5.41) is 30.3. The van der Waals surface area contributed by atoms with Gasteiger partial charge in [-0.05, 0) is 5.53 Å².